The van der Waals surface area contributed by atoms with E-state index in [1.54, 1.807) is 11.1 Å². The lowest BCUT2D eigenvalue weighted by Crippen LogP contribution is -2.28. The molecule has 3 heterocycles. The normalized spacial score (nSPS) is 22.5. The van der Waals surface area contributed by atoms with Gasteiger partial charge >= 0.3 is 0 Å². The number of rotatable bonds is 5. The molecule has 0 spiro atoms. The number of aromatic nitrogens is 2. The van der Waals surface area contributed by atoms with Crippen molar-refractivity contribution in [2.75, 3.05) is 23.4 Å². The van der Waals surface area contributed by atoms with Gasteiger partial charge in [-0.15, -0.1) is 0 Å². The summed E-state index contributed by atoms with van der Waals surface area (Å²) in [6.07, 6.45) is 7.23. The summed E-state index contributed by atoms with van der Waals surface area (Å²) < 4.78 is 7.54. The van der Waals surface area contributed by atoms with E-state index in [0.717, 1.165) is 30.7 Å². The van der Waals surface area contributed by atoms with Gasteiger partial charge < -0.3 is 15.0 Å². The van der Waals surface area contributed by atoms with E-state index in [9.17, 15) is 9.59 Å². The SMILES string of the molecule is Cc1ccc(N2CC(C(=O)Nc3cnn(CC4CCCCO4)c3)CC2=O)cc1. The lowest BCUT2D eigenvalue weighted by atomic mass is 10.1. The minimum atomic E-state index is -0.362. The molecule has 7 heteroatoms. The molecule has 0 radical (unpaired) electrons. The molecule has 7 nitrogen and oxygen atoms in total. The van der Waals surface area contributed by atoms with Crippen LogP contribution in [-0.4, -0.2) is 40.9 Å². The Hall–Kier alpha value is -2.67. The maximum atomic E-state index is 12.6. The van der Waals surface area contributed by atoms with Crippen LogP contribution in [0.25, 0.3) is 0 Å². The van der Waals surface area contributed by atoms with E-state index < -0.39 is 0 Å². The van der Waals surface area contributed by atoms with E-state index in [0.29, 0.717) is 18.8 Å². The van der Waals surface area contributed by atoms with Gasteiger partial charge in [-0.3, -0.25) is 14.3 Å². The summed E-state index contributed by atoms with van der Waals surface area (Å²) in [4.78, 5) is 26.7. The largest absolute Gasteiger partial charge is 0.376 e. The highest BCUT2D eigenvalue weighted by atomic mass is 16.5. The van der Waals surface area contributed by atoms with Crippen LogP contribution in [0.5, 0.6) is 0 Å². The molecular weight excluding hydrogens is 356 g/mol. The molecule has 2 aromatic rings. The fraction of sp³-hybridized carbons (Fsp3) is 0.476. The fourth-order valence-electron chi connectivity index (χ4n) is 3.79. The summed E-state index contributed by atoms with van der Waals surface area (Å²) in [6.45, 7) is 3.91. The maximum absolute atomic E-state index is 12.6. The molecule has 2 aliphatic rings. The minimum Gasteiger partial charge on any atom is -0.376 e. The summed E-state index contributed by atoms with van der Waals surface area (Å²) in [5, 5.41) is 7.22. The van der Waals surface area contributed by atoms with E-state index >= 15 is 0 Å². The van der Waals surface area contributed by atoms with Crippen LogP contribution in [0, 0.1) is 12.8 Å². The topological polar surface area (TPSA) is 76.5 Å². The number of carbonyl (C=O) groups is 2. The van der Waals surface area contributed by atoms with Gasteiger partial charge in [0.1, 0.15) is 0 Å². The zero-order chi connectivity index (χ0) is 19.5. The second kappa shape index (κ2) is 8.14. The monoisotopic (exact) mass is 382 g/mol. The highest BCUT2D eigenvalue weighted by Gasteiger charge is 2.35. The highest BCUT2D eigenvalue weighted by molar-refractivity contribution is 6.03. The van der Waals surface area contributed by atoms with Crippen LogP contribution in [0.15, 0.2) is 36.7 Å². The van der Waals surface area contributed by atoms with Crippen molar-refractivity contribution in [3.63, 3.8) is 0 Å². The second-order valence-electron chi connectivity index (χ2n) is 7.67. The van der Waals surface area contributed by atoms with Crippen LogP contribution in [0.2, 0.25) is 0 Å². The molecule has 148 valence electrons. The van der Waals surface area contributed by atoms with Crippen molar-refractivity contribution < 1.29 is 14.3 Å². The van der Waals surface area contributed by atoms with Crippen molar-refractivity contribution in [3.8, 4) is 0 Å². The molecule has 2 aliphatic heterocycles. The number of benzene rings is 1. The summed E-state index contributed by atoms with van der Waals surface area (Å²) in [7, 11) is 0. The van der Waals surface area contributed by atoms with E-state index in [1.165, 1.54) is 6.42 Å². The molecule has 1 aromatic carbocycles. The molecule has 28 heavy (non-hydrogen) atoms. The Morgan fingerprint density at radius 3 is 2.86 bits per heavy atom. The van der Waals surface area contributed by atoms with Crippen LogP contribution in [0.3, 0.4) is 0 Å². The second-order valence-corrected chi connectivity index (χ2v) is 7.67. The lowest BCUT2D eigenvalue weighted by molar-refractivity contribution is -0.122. The first kappa shape index (κ1) is 18.7. The van der Waals surface area contributed by atoms with Gasteiger partial charge in [0.2, 0.25) is 11.8 Å². The number of carbonyl (C=O) groups excluding carboxylic acids is 2. The smallest absolute Gasteiger partial charge is 0.229 e. The van der Waals surface area contributed by atoms with Crippen LogP contribution >= 0.6 is 0 Å². The van der Waals surface area contributed by atoms with Crippen molar-refractivity contribution in [2.24, 2.45) is 5.92 Å². The third kappa shape index (κ3) is 4.25. The van der Waals surface area contributed by atoms with Gasteiger partial charge in [0.05, 0.1) is 30.5 Å². The zero-order valence-corrected chi connectivity index (χ0v) is 16.1. The van der Waals surface area contributed by atoms with Crippen molar-refractivity contribution in [1.29, 1.82) is 0 Å². The number of anilines is 2. The fourth-order valence-corrected chi connectivity index (χ4v) is 3.79. The Morgan fingerprint density at radius 2 is 2.11 bits per heavy atom. The average molecular weight is 382 g/mol. The van der Waals surface area contributed by atoms with E-state index in [-0.39, 0.29) is 30.3 Å². The van der Waals surface area contributed by atoms with Gasteiger partial charge in [-0.2, -0.15) is 5.10 Å². The van der Waals surface area contributed by atoms with Gasteiger partial charge in [0, 0.05) is 31.5 Å². The van der Waals surface area contributed by atoms with Gasteiger partial charge in [0.15, 0.2) is 0 Å². The number of amides is 2. The number of ether oxygens (including phenoxy) is 1. The number of nitrogens with zero attached hydrogens (tertiary/aromatic N) is 3. The summed E-state index contributed by atoms with van der Waals surface area (Å²) in [5.41, 5.74) is 2.63. The zero-order valence-electron chi connectivity index (χ0n) is 16.1. The van der Waals surface area contributed by atoms with Gasteiger partial charge in [-0.1, -0.05) is 17.7 Å². The van der Waals surface area contributed by atoms with Crippen LogP contribution in [0.4, 0.5) is 11.4 Å². The summed E-state index contributed by atoms with van der Waals surface area (Å²) >= 11 is 0. The van der Waals surface area contributed by atoms with Crippen LogP contribution < -0.4 is 10.2 Å². The third-order valence-electron chi connectivity index (χ3n) is 5.41. The number of aryl methyl sites for hydroxylation is 1. The first-order valence-corrected chi connectivity index (χ1v) is 9.90. The maximum Gasteiger partial charge on any atom is 0.229 e. The van der Waals surface area contributed by atoms with Gasteiger partial charge in [0.25, 0.3) is 0 Å². The molecule has 4 rings (SSSR count). The van der Waals surface area contributed by atoms with Gasteiger partial charge in [-0.25, -0.2) is 0 Å². The first-order chi connectivity index (χ1) is 13.6. The molecule has 2 fully saturated rings. The number of hydrogen-bond donors (Lipinski definition) is 1. The minimum absolute atomic E-state index is 0.0193. The highest BCUT2D eigenvalue weighted by Crippen LogP contribution is 2.26. The predicted molar refractivity (Wildman–Crippen MR) is 106 cm³/mol. The average Bonchev–Trinajstić information content (AvgIpc) is 3.30. The third-order valence-corrected chi connectivity index (χ3v) is 5.41. The molecule has 0 aliphatic carbocycles. The molecule has 2 saturated heterocycles. The summed E-state index contributed by atoms with van der Waals surface area (Å²) in [6, 6.07) is 7.79. The van der Waals surface area contributed by atoms with Crippen molar-refractivity contribution in [2.45, 2.75) is 45.3 Å². The van der Waals surface area contributed by atoms with E-state index in [2.05, 4.69) is 10.4 Å². The number of hydrogen-bond acceptors (Lipinski definition) is 4. The lowest BCUT2D eigenvalue weighted by Gasteiger charge is -2.22. The standard InChI is InChI=1S/C21H26N4O3/c1-15-5-7-18(8-6-15)25-12-16(10-20(25)26)21(27)23-17-11-22-24(13-17)14-19-4-2-3-9-28-19/h5-8,11,13,16,19H,2-4,9-10,12,14H2,1H3,(H,23,27). The predicted octanol–water partition coefficient (Wildman–Crippen LogP) is 2.75. The van der Waals surface area contributed by atoms with Gasteiger partial charge in [-0.05, 0) is 38.3 Å². The molecule has 0 bridgehead atoms. The Balaban J connectivity index is 1.34. The Bertz CT molecular complexity index is 840. The van der Waals surface area contributed by atoms with E-state index in [4.69, 9.17) is 4.74 Å². The molecule has 2 atom stereocenters. The molecule has 2 unspecified atom stereocenters. The van der Waals surface area contributed by atoms with Crippen molar-refractivity contribution in [3.05, 3.63) is 42.2 Å². The van der Waals surface area contributed by atoms with Crippen molar-refractivity contribution in [1.82, 2.24) is 9.78 Å². The number of nitrogens with one attached hydrogen (secondary N) is 1. The quantitative estimate of drug-likeness (QED) is 0.863. The van der Waals surface area contributed by atoms with E-state index in [1.807, 2.05) is 42.1 Å². The Morgan fingerprint density at radius 1 is 1.29 bits per heavy atom. The molecular formula is C21H26N4O3. The Kier molecular flexibility index (Phi) is 5.43. The molecule has 1 aromatic heterocycles. The molecule has 2 amide bonds. The molecule has 1 N–H and O–H groups in total. The molecule has 0 saturated carbocycles. The van der Waals surface area contributed by atoms with Crippen molar-refractivity contribution >= 4 is 23.2 Å². The Labute approximate surface area is 164 Å². The summed E-state index contributed by atoms with van der Waals surface area (Å²) in [5.74, 6) is -0.524. The van der Waals surface area contributed by atoms with Crippen LogP contribution in [-0.2, 0) is 20.9 Å². The first-order valence-electron chi connectivity index (χ1n) is 9.90. The van der Waals surface area contributed by atoms with Crippen LogP contribution in [0.1, 0.15) is 31.2 Å².